The first-order chi connectivity index (χ1) is 14.4. The Balaban J connectivity index is 1.47. The second-order valence-electron chi connectivity index (χ2n) is 6.64. The minimum absolute atomic E-state index is 0.000931. The van der Waals surface area contributed by atoms with Gasteiger partial charge in [0.05, 0.1) is 13.1 Å². The summed E-state index contributed by atoms with van der Waals surface area (Å²) in [5.74, 6) is 1.67. The number of aryl methyl sites for hydroxylation is 1. The minimum atomic E-state index is -4.51. The average Bonchev–Trinajstić information content (AvgIpc) is 3.11. The van der Waals surface area contributed by atoms with Crippen LogP contribution in [-0.2, 0) is 30.5 Å². The first kappa shape index (κ1) is 21.8. The van der Waals surface area contributed by atoms with Gasteiger partial charge < -0.3 is 20.1 Å². The number of nitrogens with one attached hydrogen (secondary N) is 2. The molecule has 1 aliphatic heterocycles. The zero-order chi connectivity index (χ0) is 21.6. The molecule has 9 nitrogen and oxygen atoms in total. The summed E-state index contributed by atoms with van der Waals surface area (Å²) in [6, 6.07) is 2.26. The van der Waals surface area contributed by atoms with Crippen LogP contribution in [-0.4, -0.2) is 59.1 Å². The largest absolute Gasteiger partial charge is 0.475 e. The highest BCUT2D eigenvalue weighted by Crippen LogP contribution is 2.34. The Morgan fingerprint density at radius 1 is 1.40 bits per heavy atom. The molecule has 2 aromatic heterocycles. The minimum Gasteiger partial charge on any atom is -0.475 e. The third-order valence-corrected chi connectivity index (χ3v) is 4.45. The van der Waals surface area contributed by atoms with E-state index < -0.39 is 17.6 Å². The van der Waals surface area contributed by atoms with Crippen molar-refractivity contribution in [2.24, 2.45) is 4.99 Å². The van der Waals surface area contributed by atoms with E-state index in [2.05, 4.69) is 30.7 Å². The van der Waals surface area contributed by atoms with Gasteiger partial charge >= 0.3 is 6.18 Å². The standard InChI is InChI=1S/C18H24F3N7O2/c1-22-17(24-8-9-30-16-13(18(19,20)21)4-3-7-23-16)25-12-5-6-15-26-14(11-29-2)27-28(15)10-12/h3-4,7,12H,5-6,8-11H2,1-2H3,(H2,22,24,25). The smallest absolute Gasteiger partial charge is 0.421 e. The highest BCUT2D eigenvalue weighted by molar-refractivity contribution is 5.79. The van der Waals surface area contributed by atoms with Crippen molar-refractivity contribution in [1.29, 1.82) is 0 Å². The van der Waals surface area contributed by atoms with Gasteiger partial charge in [0.15, 0.2) is 11.8 Å². The fourth-order valence-electron chi connectivity index (χ4n) is 3.10. The van der Waals surface area contributed by atoms with Gasteiger partial charge in [-0.2, -0.15) is 18.3 Å². The molecule has 2 N–H and O–H groups in total. The molecule has 164 valence electrons. The quantitative estimate of drug-likeness (QED) is 0.392. The lowest BCUT2D eigenvalue weighted by atomic mass is 10.1. The van der Waals surface area contributed by atoms with Gasteiger partial charge in [0.1, 0.15) is 24.6 Å². The molecule has 3 heterocycles. The second kappa shape index (κ2) is 9.74. The lowest BCUT2D eigenvalue weighted by Crippen LogP contribution is -2.47. The van der Waals surface area contributed by atoms with Crippen molar-refractivity contribution in [2.45, 2.75) is 38.2 Å². The number of ether oxygens (including phenoxy) is 2. The molecule has 0 spiro atoms. The number of aromatic nitrogens is 4. The fourth-order valence-corrected chi connectivity index (χ4v) is 3.10. The van der Waals surface area contributed by atoms with E-state index in [1.807, 2.05) is 4.68 Å². The molecule has 0 radical (unpaired) electrons. The Morgan fingerprint density at radius 2 is 2.23 bits per heavy atom. The molecule has 1 aliphatic rings. The number of guanidine groups is 1. The van der Waals surface area contributed by atoms with Crippen LogP contribution in [0.3, 0.4) is 0 Å². The van der Waals surface area contributed by atoms with Gasteiger partial charge in [-0.05, 0) is 18.6 Å². The molecule has 0 aliphatic carbocycles. The second-order valence-corrected chi connectivity index (χ2v) is 6.64. The highest BCUT2D eigenvalue weighted by atomic mass is 19.4. The van der Waals surface area contributed by atoms with Gasteiger partial charge in [0.25, 0.3) is 0 Å². The van der Waals surface area contributed by atoms with Crippen LogP contribution in [0.4, 0.5) is 13.2 Å². The predicted octanol–water partition coefficient (Wildman–Crippen LogP) is 1.40. The van der Waals surface area contributed by atoms with E-state index in [9.17, 15) is 13.2 Å². The van der Waals surface area contributed by atoms with Gasteiger partial charge in [-0.15, -0.1) is 0 Å². The van der Waals surface area contributed by atoms with E-state index in [4.69, 9.17) is 9.47 Å². The maximum Gasteiger partial charge on any atom is 0.421 e. The number of rotatable bonds is 7. The van der Waals surface area contributed by atoms with Crippen molar-refractivity contribution in [3.63, 3.8) is 0 Å². The number of nitrogens with zero attached hydrogens (tertiary/aromatic N) is 5. The third kappa shape index (κ3) is 5.59. The number of pyridine rings is 1. The summed E-state index contributed by atoms with van der Waals surface area (Å²) in [5, 5.41) is 10.7. The maximum atomic E-state index is 13.0. The van der Waals surface area contributed by atoms with Crippen molar-refractivity contribution < 1.29 is 22.6 Å². The summed E-state index contributed by atoms with van der Waals surface area (Å²) in [6.45, 7) is 1.26. The Bertz CT molecular complexity index is 870. The topological polar surface area (TPSA) is 98.5 Å². The monoisotopic (exact) mass is 427 g/mol. The summed E-state index contributed by atoms with van der Waals surface area (Å²) >= 11 is 0. The van der Waals surface area contributed by atoms with E-state index in [1.54, 1.807) is 14.2 Å². The zero-order valence-corrected chi connectivity index (χ0v) is 16.7. The zero-order valence-electron chi connectivity index (χ0n) is 16.7. The number of hydrogen-bond donors (Lipinski definition) is 2. The Kier molecular flexibility index (Phi) is 7.08. The summed E-state index contributed by atoms with van der Waals surface area (Å²) in [7, 11) is 3.22. The molecule has 0 saturated heterocycles. The highest BCUT2D eigenvalue weighted by Gasteiger charge is 2.35. The van der Waals surface area contributed by atoms with Gasteiger partial charge in [-0.25, -0.2) is 14.6 Å². The molecule has 3 rings (SSSR count). The SMILES string of the molecule is CN=C(NCCOc1ncccc1C(F)(F)F)NC1CCc2nc(COC)nn2C1. The van der Waals surface area contributed by atoms with E-state index >= 15 is 0 Å². The fraction of sp³-hybridized carbons (Fsp3) is 0.556. The van der Waals surface area contributed by atoms with Crippen LogP contribution >= 0.6 is 0 Å². The first-order valence-corrected chi connectivity index (χ1v) is 9.44. The van der Waals surface area contributed by atoms with Crippen LogP contribution < -0.4 is 15.4 Å². The summed E-state index contributed by atoms with van der Waals surface area (Å²) < 4.78 is 51.0. The van der Waals surface area contributed by atoms with Crippen LogP contribution in [0, 0.1) is 0 Å². The van der Waals surface area contributed by atoms with Crippen molar-refractivity contribution in [2.75, 3.05) is 27.3 Å². The molecule has 30 heavy (non-hydrogen) atoms. The van der Waals surface area contributed by atoms with Gasteiger partial charge in [0, 0.05) is 32.8 Å². The molecular weight excluding hydrogens is 403 g/mol. The Labute approximate surface area is 171 Å². The molecule has 0 saturated carbocycles. The number of methoxy groups -OCH3 is 1. The van der Waals surface area contributed by atoms with Crippen molar-refractivity contribution in [1.82, 2.24) is 30.4 Å². The maximum absolute atomic E-state index is 13.0. The number of aliphatic imine (C=N–C) groups is 1. The third-order valence-electron chi connectivity index (χ3n) is 4.45. The van der Waals surface area contributed by atoms with E-state index in [0.717, 1.165) is 24.7 Å². The average molecular weight is 427 g/mol. The molecule has 1 unspecified atom stereocenters. The summed E-state index contributed by atoms with van der Waals surface area (Å²) in [5.41, 5.74) is -0.897. The van der Waals surface area contributed by atoms with Crippen molar-refractivity contribution in [3.05, 3.63) is 35.5 Å². The normalized spacial score (nSPS) is 16.8. The number of hydrogen-bond acceptors (Lipinski definition) is 6. The lowest BCUT2D eigenvalue weighted by Gasteiger charge is -2.25. The van der Waals surface area contributed by atoms with Gasteiger partial charge in [-0.1, -0.05) is 0 Å². The van der Waals surface area contributed by atoms with E-state index in [0.29, 0.717) is 24.9 Å². The molecule has 1 atom stereocenters. The number of fused-ring (bicyclic) bond motifs is 1. The van der Waals surface area contributed by atoms with Crippen LogP contribution in [0.2, 0.25) is 0 Å². The van der Waals surface area contributed by atoms with Crippen LogP contribution in [0.5, 0.6) is 5.88 Å². The van der Waals surface area contributed by atoms with Crippen LogP contribution in [0.25, 0.3) is 0 Å². The molecule has 0 amide bonds. The van der Waals surface area contributed by atoms with E-state index in [1.165, 1.54) is 12.3 Å². The van der Waals surface area contributed by atoms with Crippen LogP contribution in [0.15, 0.2) is 23.3 Å². The molecule has 2 aromatic rings. The molecule has 0 aromatic carbocycles. The van der Waals surface area contributed by atoms with Gasteiger partial charge in [-0.3, -0.25) is 4.99 Å². The summed E-state index contributed by atoms with van der Waals surface area (Å²) in [4.78, 5) is 12.3. The van der Waals surface area contributed by atoms with Crippen molar-refractivity contribution >= 4 is 5.96 Å². The Morgan fingerprint density at radius 3 is 2.97 bits per heavy atom. The van der Waals surface area contributed by atoms with E-state index in [-0.39, 0.29) is 19.2 Å². The lowest BCUT2D eigenvalue weighted by molar-refractivity contribution is -0.139. The molecule has 0 fully saturated rings. The summed E-state index contributed by atoms with van der Waals surface area (Å²) in [6.07, 6.45) is -1.63. The number of halogens is 3. The predicted molar refractivity (Wildman–Crippen MR) is 102 cm³/mol. The molecule has 0 bridgehead atoms. The van der Waals surface area contributed by atoms with Gasteiger partial charge in [0.2, 0.25) is 5.88 Å². The Hall–Kier alpha value is -2.89. The molecule has 12 heteroatoms. The molecular formula is C18H24F3N7O2. The van der Waals surface area contributed by atoms with Crippen LogP contribution in [0.1, 0.15) is 23.6 Å². The van der Waals surface area contributed by atoms with Crippen molar-refractivity contribution in [3.8, 4) is 5.88 Å². The number of alkyl halides is 3. The first-order valence-electron chi connectivity index (χ1n) is 9.44.